The van der Waals surface area contributed by atoms with E-state index in [1.54, 1.807) is 11.3 Å². The van der Waals surface area contributed by atoms with Gasteiger partial charge in [0, 0.05) is 11.0 Å². The van der Waals surface area contributed by atoms with Crippen molar-refractivity contribution in [1.29, 1.82) is 0 Å². The highest BCUT2D eigenvalue weighted by molar-refractivity contribution is 7.99. The second-order valence-corrected chi connectivity index (χ2v) is 6.58. The van der Waals surface area contributed by atoms with Crippen LogP contribution in [0.4, 0.5) is 0 Å². The Morgan fingerprint density at radius 3 is 2.87 bits per heavy atom. The summed E-state index contributed by atoms with van der Waals surface area (Å²) in [6.45, 7) is 0. The van der Waals surface area contributed by atoms with E-state index in [0.717, 1.165) is 15.9 Å². The normalized spacial score (nSPS) is 19.6. The molecule has 1 aliphatic carbocycles. The Hall–Kier alpha value is 0.300. The second kappa shape index (κ2) is 5.58. The van der Waals surface area contributed by atoms with Gasteiger partial charge in [0.2, 0.25) is 0 Å². The van der Waals surface area contributed by atoms with Crippen molar-refractivity contribution in [3.05, 3.63) is 21.3 Å². The minimum atomic E-state index is -0.386. The van der Waals surface area contributed by atoms with E-state index < -0.39 is 0 Å². The van der Waals surface area contributed by atoms with Gasteiger partial charge in [-0.25, -0.2) is 0 Å². The molecule has 1 unspecified atom stereocenters. The van der Waals surface area contributed by atoms with Gasteiger partial charge in [-0.2, -0.15) is 11.8 Å². The first-order valence-electron chi connectivity index (χ1n) is 5.30. The zero-order chi connectivity index (χ0) is 10.7. The molecule has 0 spiro atoms. The van der Waals surface area contributed by atoms with Crippen molar-refractivity contribution in [3.63, 3.8) is 0 Å². The first-order chi connectivity index (χ1) is 7.27. The van der Waals surface area contributed by atoms with Crippen molar-refractivity contribution in [2.75, 3.05) is 5.75 Å². The molecule has 0 radical (unpaired) electrons. The Morgan fingerprint density at radius 2 is 2.27 bits per heavy atom. The molecule has 1 aliphatic rings. The lowest BCUT2D eigenvalue weighted by atomic mass is 10.3. The van der Waals surface area contributed by atoms with Gasteiger partial charge >= 0.3 is 0 Å². The van der Waals surface area contributed by atoms with E-state index in [9.17, 15) is 5.11 Å². The Kier molecular flexibility index (Phi) is 4.38. The highest BCUT2D eigenvalue weighted by Gasteiger charge is 2.19. The minimum absolute atomic E-state index is 0.386. The fraction of sp³-hybridized carbons (Fsp3) is 0.636. The van der Waals surface area contributed by atoms with Gasteiger partial charge in [-0.3, -0.25) is 0 Å². The van der Waals surface area contributed by atoms with Crippen LogP contribution in [-0.2, 0) is 0 Å². The third-order valence-corrected chi connectivity index (χ3v) is 5.65. The molecule has 0 bridgehead atoms. The molecule has 0 amide bonds. The van der Waals surface area contributed by atoms with Crippen molar-refractivity contribution in [3.8, 4) is 0 Å². The summed E-state index contributed by atoms with van der Waals surface area (Å²) in [5.41, 5.74) is 0. The Morgan fingerprint density at radius 1 is 1.53 bits per heavy atom. The molecule has 84 valence electrons. The number of aliphatic hydroxyl groups is 1. The number of thioether (sulfide) groups is 1. The molecule has 2 rings (SSSR count). The fourth-order valence-corrected chi connectivity index (χ4v) is 4.46. The average molecular weight is 263 g/mol. The van der Waals surface area contributed by atoms with Crippen molar-refractivity contribution >= 4 is 34.7 Å². The molecule has 1 aromatic heterocycles. The van der Waals surface area contributed by atoms with Gasteiger partial charge < -0.3 is 5.11 Å². The highest BCUT2D eigenvalue weighted by atomic mass is 35.5. The van der Waals surface area contributed by atoms with Crippen LogP contribution in [0.5, 0.6) is 0 Å². The lowest BCUT2D eigenvalue weighted by molar-refractivity contribution is 0.208. The van der Waals surface area contributed by atoms with Gasteiger partial charge in [-0.15, -0.1) is 11.3 Å². The summed E-state index contributed by atoms with van der Waals surface area (Å²) >= 11 is 9.41. The number of thiophene rings is 1. The summed E-state index contributed by atoms with van der Waals surface area (Å²) in [5, 5.41) is 13.4. The number of hydrogen-bond donors (Lipinski definition) is 1. The monoisotopic (exact) mass is 262 g/mol. The largest absolute Gasteiger partial charge is 0.387 e. The first kappa shape index (κ1) is 11.8. The molecule has 0 aromatic carbocycles. The maximum Gasteiger partial charge on any atom is 0.0987 e. The van der Waals surface area contributed by atoms with Crippen LogP contribution in [0.1, 0.15) is 36.7 Å². The van der Waals surface area contributed by atoms with E-state index >= 15 is 0 Å². The van der Waals surface area contributed by atoms with E-state index in [1.165, 1.54) is 25.7 Å². The molecule has 1 atom stereocenters. The number of hydrogen-bond acceptors (Lipinski definition) is 3. The number of aliphatic hydroxyl groups excluding tert-OH is 1. The van der Waals surface area contributed by atoms with E-state index in [4.69, 9.17) is 11.6 Å². The third kappa shape index (κ3) is 3.13. The van der Waals surface area contributed by atoms with Crippen LogP contribution in [0.3, 0.4) is 0 Å². The minimum Gasteiger partial charge on any atom is -0.387 e. The molecule has 4 heteroatoms. The maximum absolute atomic E-state index is 9.96. The van der Waals surface area contributed by atoms with Gasteiger partial charge in [0.25, 0.3) is 0 Å². The van der Waals surface area contributed by atoms with Gasteiger partial charge in [0.05, 0.1) is 16.0 Å². The van der Waals surface area contributed by atoms with Crippen LogP contribution in [-0.4, -0.2) is 16.1 Å². The molecule has 1 fully saturated rings. The van der Waals surface area contributed by atoms with Crippen molar-refractivity contribution in [1.82, 2.24) is 0 Å². The van der Waals surface area contributed by atoms with E-state index in [1.807, 2.05) is 23.2 Å². The summed E-state index contributed by atoms with van der Waals surface area (Å²) < 4.78 is 0. The summed E-state index contributed by atoms with van der Waals surface area (Å²) in [6.07, 6.45) is 4.95. The van der Waals surface area contributed by atoms with Gasteiger partial charge in [0.1, 0.15) is 0 Å². The molecular weight excluding hydrogens is 248 g/mol. The second-order valence-electron chi connectivity index (χ2n) is 3.89. The summed E-state index contributed by atoms with van der Waals surface area (Å²) in [5.74, 6) is 0.783. The Balaban J connectivity index is 1.81. The Bertz CT molecular complexity index is 307. The fourth-order valence-electron chi connectivity index (χ4n) is 1.90. The molecular formula is C11H15ClOS2. The average Bonchev–Trinajstić information content (AvgIpc) is 2.84. The van der Waals surface area contributed by atoms with Crippen LogP contribution in [0, 0.1) is 0 Å². The van der Waals surface area contributed by atoms with Crippen LogP contribution < -0.4 is 0 Å². The predicted molar refractivity (Wildman–Crippen MR) is 69.0 cm³/mol. The molecule has 0 aliphatic heterocycles. The maximum atomic E-state index is 9.96. The molecule has 1 N–H and O–H groups in total. The molecule has 1 nitrogen and oxygen atoms in total. The van der Waals surface area contributed by atoms with Gasteiger partial charge in [-0.1, -0.05) is 24.4 Å². The molecule has 1 aromatic rings. The first-order valence-corrected chi connectivity index (χ1v) is 7.60. The van der Waals surface area contributed by atoms with Crippen molar-refractivity contribution < 1.29 is 5.11 Å². The van der Waals surface area contributed by atoms with E-state index in [-0.39, 0.29) is 6.10 Å². The van der Waals surface area contributed by atoms with Crippen LogP contribution >= 0.6 is 34.7 Å². The standard InChI is InChI=1S/C11H15ClOS2/c12-9-5-6-14-11(9)10(13)7-15-8-3-1-2-4-8/h5-6,8,10,13H,1-4,7H2. The highest BCUT2D eigenvalue weighted by Crippen LogP contribution is 2.35. The van der Waals surface area contributed by atoms with Gasteiger partial charge in [0.15, 0.2) is 0 Å². The summed E-state index contributed by atoms with van der Waals surface area (Å²) in [6, 6.07) is 1.85. The van der Waals surface area contributed by atoms with Gasteiger partial charge in [-0.05, 0) is 24.3 Å². The molecule has 1 saturated carbocycles. The molecule has 0 saturated heterocycles. The summed E-state index contributed by atoms with van der Waals surface area (Å²) in [4.78, 5) is 0.919. The topological polar surface area (TPSA) is 20.2 Å². The molecule has 15 heavy (non-hydrogen) atoms. The van der Waals surface area contributed by atoms with E-state index in [0.29, 0.717) is 5.02 Å². The third-order valence-electron chi connectivity index (χ3n) is 2.74. The van der Waals surface area contributed by atoms with E-state index in [2.05, 4.69) is 0 Å². The van der Waals surface area contributed by atoms with Crippen LogP contribution in [0.2, 0.25) is 5.02 Å². The lowest BCUT2D eigenvalue weighted by Crippen LogP contribution is -2.03. The lowest BCUT2D eigenvalue weighted by Gasteiger charge is -2.12. The SMILES string of the molecule is OC(CSC1CCCC1)c1sccc1Cl. The zero-order valence-electron chi connectivity index (χ0n) is 8.49. The Labute approximate surface area is 104 Å². The zero-order valence-corrected chi connectivity index (χ0v) is 10.9. The van der Waals surface area contributed by atoms with Crippen molar-refractivity contribution in [2.24, 2.45) is 0 Å². The smallest absolute Gasteiger partial charge is 0.0987 e. The summed E-state index contributed by atoms with van der Waals surface area (Å²) in [7, 11) is 0. The quantitative estimate of drug-likeness (QED) is 0.881. The van der Waals surface area contributed by atoms with Crippen LogP contribution in [0.15, 0.2) is 11.4 Å². The predicted octanol–water partition coefficient (Wildman–Crippen LogP) is 4.11. The molecule has 1 heterocycles. The van der Waals surface area contributed by atoms with Crippen LogP contribution in [0.25, 0.3) is 0 Å². The number of halogens is 1. The van der Waals surface area contributed by atoms with Crippen molar-refractivity contribution in [2.45, 2.75) is 37.0 Å². The number of rotatable bonds is 4.